The number of carbonyl (C=O) groups excluding carboxylic acids is 2. The van der Waals surface area contributed by atoms with Crippen molar-refractivity contribution in [2.75, 3.05) is 0 Å². The Morgan fingerprint density at radius 2 is 1.73 bits per heavy atom. The number of nitrogens with zero attached hydrogens (tertiary/aromatic N) is 1. The van der Waals surface area contributed by atoms with Crippen molar-refractivity contribution < 1.29 is 19.1 Å². The summed E-state index contributed by atoms with van der Waals surface area (Å²) in [5, 5.41) is 12.2. The lowest BCUT2D eigenvalue weighted by Gasteiger charge is -2.32. The summed E-state index contributed by atoms with van der Waals surface area (Å²) in [6.45, 7) is 5.35. The van der Waals surface area contributed by atoms with Crippen LogP contribution in [0.4, 0.5) is 0 Å². The molecule has 1 aromatic rings. The van der Waals surface area contributed by atoms with Gasteiger partial charge in [0.15, 0.2) is 6.10 Å². The number of benzene rings is 1. The van der Waals surface area contributed by atoms with Gasteiger partial charge in [0.25, 0.3) is 5.91 Å². The lowest BCUT2D eigenvalue weighted by molar-refractivity contribution is -0.130. The van der Waals surface area contributed by atoms with Gasteiger partial charge in [-0.05, 0) is 57.9 Å². The van der Waals surface area contributed by atoms with E-state index in [1.807, 2.05) is 13.8 Å². The van der Waals surface area contributed by atoms with Crippen LogP contribution < -0.4 is 10.1 Å². The van der Waals surface area contributed by atoms with Gasteiger partial charge < -0.3 is 14.8 Å². The standard InChI is InChI=1S/C20H26N2O4/c1-14(2)25-17-9-7-16(8-10-17)19(24)26-15(3)18(23)22-20(13-21)11-5-4-6-12-20/h7-10,14-15H,4-6,11-12H2,1-3H3,(H,22,23). The SMILES string of the molecule is CC(C)Oc1ccc(C(=O)OC(C)C(=O)NC2(C#N)CCCCC2)cc1. The van der Waals surface area contributed by atoms with Gasteiger partial charge in [-0.1, -0.05) is 19.3 Å². The monoisotopic (exact) mass is 358 g/mol. The number of hydrogen-bond donors (Lipinski definition) is 1. The molecule has 0 heterocycles. The molecule has 1 fully saturated rings. The van der Waals surface area contributed by atoms with E-state index in [9.17, 15) is 14.9 Å². The maximum absolute atomic E-state index is 12.4. The first-order chi connectivity index (χ1) is 12.3. The van der Waals surface area contributed by atoms with E-state index in [1.54, 1.807) is 24.3 Å². The lowest BCUT2D eigenvalue weighted by atomic mass is 9.83. The van der Waals surface area contributed by atoms with Crippen LogP contribution in [0, 0.1) is 11.3 Å². The van der Waals surface area contributed by atoms with Crippen molar-refractivity contribution in [2.45, 2.75) is 70.6 Å². The molecule has 0 bridgehead atoms. The van der Waals surface area contributed by atoms with Crippen LogP contribution in [0.5, 0.6) is 5.75 Å². The molecule has 6 nitrogen and oxygen atoms in total. The third-order valence-electron chi connectivity index (χ3n) is 4.40. The molecule has 1 N–H and O–H groups in total. The zero-order chi connectivity index (χ0) is 19.2. The average Bonchev–Trinajstić information content (AvgIpc) is 2.62. The predicted octanol–water partition coefficient (Wildman–Crippen LogP) is 3.36. The zero-order valence-corrected chi connectivity index (χ0v) is 15.6. The summed E-state index contributed by atoms with van der Waals surface area (Å²) in [5.74, 6) is -0.365. The number of hydrogen-bond acceptors (Lipinski definition) is 5. The Balaban J connectivity index is 1.93. The van der Waals surface area contributed by atoms with Crippen LogP contribution in [0.3, 0.4) is 0 Å². The third-order valence-corrected chi connectivity index (χ3v) is 4.40. The maximum atomic E-state index is 12.4. The molecular weight excluding hydrogens is 332 g/mol. The number of esters is 1. The summed E-state index contributed by atoms with van der Waals surface area (Å²) in [4.78, 5) is 24.6. The summed E-state index contributed by atoms with van der Waals surface area (Å²) in [6.07, 6.45) is 3.23. The molecule has 26 heavy (non-hydrogen) atoms. The summed E-state index contributed by atoms with van der Waals surface area (Å²) in [6, 6.07) is 8.80. The van der Waals surface area contributed by atoms with E-state index in [0.29, 0.717) is 24.2 Å². The largest absolute Gasteiger partial charge is 0.491 e. The second kappa shape index (κ2) is 8.70. The Labute approximate surface area is 154 Å². The second-order valence-electron chi connectivity index (χ2n) is 6.98. The fourth-order valence-corrected chi connectivity index (χ4v) is 2.98. The highest BCUT2D eigenvalue weighted by atomic mass is 16.5. The number of carbonyl (C=O) groups is 2. The molecule has 0 saturated heterocycles. The molecule has 1 aliphatic rings. The van der Waals surface area contributed by atoms with E-state index in [1.165, 1.54) is 6.92 Å². The Kier molecular flexibility index (Phi) is 6.62. The molecule has 1 aromatic carbocycles. The van der Waals surface area contributed by atoms with E-state index in [2.05, 4.69) is 11.4 Å². The van der Waals surface area contributed by atoms with E-state index < -0.39 is 23.5 Å². The van der Waals surface area contributed by atoms with Crippen molar-refractivity contribution in [1.82, 2.24) is 5.32 Å². The highest BCUT2D eigenvalue weighted by Crippen LogP contribution is 2.27. The Morgan fingerprint density at radius 1 is 1.12 bits per heavy atom. The first-order valence-electron chi connectivity index (χ1n) is 9.06. The van der Waals surface area contributed by atoms with Gasteiger partial charge in [-0.3, -0.25) is 4.79 Å². The lowest BCUT2D eigenvalue weighted by Crippen LogP contribution is -2.52. The van der Waals surface area contributed by atoms with Crippen molar-refractivity contribution in [3.05, 3.63) is 29.8 Å². The molecule has 0 radical (unpaired) electrons. The van der Waals surface area contributed by atoms with Crippen LogP contribution in [0.2, 0.25) is 0 Å². The highest BCUT2D eigenvalue weighted by Gasteiger charge is 2.35. The molecule has 1 amide bonds. The van der Waals surface area contributed by atoms with Crippen LogP contribution in [-0.4, -0.2) is 29.6 Å². The van der Waals surface area contributed by atoms with Crippen molar-refractivity contribution in [3.8, 4) is 11.8 Å². The maximum Gasteiger partial charge on any atom is 0.338 e. The third kappa shape index (κ3) is 5.22. The molecule has 1 unspecified atom stereocenters. The smallest absolute Gasteiger partial charge is 0.338 e. The Hall–Kier alpha value is -2.55. The Bertz CT molecular complexity index is 670. The number of nitriles is 1. The minimum atomic E-state index is -0.971. The Morgan fingerprint density at radius 3 is 2.27 bits per heavy atom. The van der Waals surface area contributed by atoms with Crippen LogP contribution in [0.15, 0.2) is 24.3 Å². The van der Waals surface area contributed by atoms with Crippen LogP contribution in [-0.2, 0) is 9.53 Å². The van der Waals surface area contributed by atoms with E-state index in [-0.39, 0.29) is 6.10 Å². The summed E-state index contributed by atoms with van der Waals surface area (Å²) < 4.78 is 10.8. The molecule has 0 spiro atoms. The highest BCUT2D eigenvalue weighted by molar-refractivity contribution is 5.92. The van der Waals surface area contributed by atoms with Gasteiger partial charge >= 0.3 is 5.97 Å². The van der Waals surface area contributed by atoms with Crippen molar-refractivity contribution >= 4 is 11.9 Å². The minimum absolute atomic E-state index is 0.0452. The van der Waals surface area contributed by atoms with Gasteiger partial charge in [-0.2, -0.15) is 5.26 Å². The predicted molar refractivity (Wildman–Crippen MR) is 96.7 cm³/mol. The van der Waals surface area contributed by atoms with Crippen LogP contribution in [0.1, 0.15) is 63.2 Å². The van der Waals surface area contributed by atoms with Crippen molar-refractivity contribution in [2.24, 2.45) is 0 Å². The number of ether oxygens (including phenoxy) is 2. The van der Waals surface area contributed by atoms with Crippen LogP contribution in [0.25, 0.3) is 0 Å². The van der Waals surface area contributed by atoms with Crippen LogP contribution >= 0.6 is 0 Å². The molecule has 1 atom stereocenters. The summed E-state index contributed by atoms with van der Waals surface area (Å²) in [5.41, 5.74) is -0.500. The normalized spacial score (nSPS) is 17.0. The van der Waals surface area contributed by atoms with Crippen molar-refractivity contribution in [3.63, 3.8) is 0 Å². The molecule has 0 aromatic heterocycles. The van der Waals surface area contributed by atoms with Gasteiger partial charge in [-0.15, -0.1) is 0 Å². The first-order valence-corrected chi connectivity index (χ1v) is 9.06. The van der Waals surface area contributed by atoms with Gasteiger partial charge in [-0.25, -0.2) is 4.79 Å². The topological polar surface area (TPSA) is 88.4 Å². The minimum Gasteiger partial charge on any atom is -0.491 e. The number of nitrogens with one attached hydrogen (secondary N) is 1. The van der Waals surface area contributed by atoms with E-state index in [0.717, 1.165) is 19.3 Å². The van der Waals surface area contributed by atoms with Gasteiger partial charge in [0.05, 0.1) is 17.7 Å². The molecule has 1 aliphatic carbocycles. The van der Waals surface area contributed by atoms with Gasteiger partial charge in [0.2, 0.25) is 0 Å². The fraction of sp³-hybridized carbons (Fsp3) is 0.550. The first kappa shape index (κ1) is 19.8. The van der Waals surface area contributed by atoms with Gasteiger partial charge in [0.1, 0.15) is 11.3 Å². The summed E-state index contributed by atoms with van der Waals surface area (Å²) >= 11 is 0. The zero-order valence-electron chi connectivity index (χ0n) is 15.6. The van der Waals surface area contributed by atoms with E-state index >= 15 is 0 Å². The quantitative estimate of drug-likeness (QED) is 0.788. The van der Waals surface area contributed by atoms with Gasteiger partial charge in [0, 0.05) is 0 Å². The second-order valence-corrected chi connectivity index (χ2v) is 6.98. The molecule has 0 aliphatic heterocycles. The average molecular weight is 358 g/mol. The molecular formula is C20H26N2O4. The molecule has 1 saturated carbocycles. The molecule has 140 valence electrons. The molecule has 2 rings (SSSR count). The summed E-state index contributed by atoms with van der Waals surface area (Å²) in [7, 11) is 0. The van der Waals surface area contributed by atoms with E-state index in [4.69, 9.17) is 9.47 Å². The molecule has 6 heteroatoms. The van der Waals surface area contributed by atoms with Crippen molar-refractivity contribution in [1.29, 1.82) is 5.26 Å². The fourth-order valence-electron chi connectivity index (χ4n) is 2.98. The number of rotatable bonds is 6. The number of amides is 1.